The molecule has 0 aliphatic carbocycles. The van der Waals surface area contributed by atoms with Crippen LogP contribution in [0.25, 0.3) is 0 Å². The summed E-state index contributed by atoms with van der Waals surface area (Å²) in [7, 11) is 0. The van der Waals surface area contributed by atoms with E-state index in [0.717, 1.165) is 26.1 Å². The lowest BCUT2D eigenvalue weighted by atomic mass is 10.0. The van der Waals surface area contributed by atoms with Gasteiger partial charge in [0.1, 0.15) is 0 Å². The first kappa shape index (κ1) is 9.93. The molecule has 3 heteroatoms. The third kappa shape index (κ3) is 3.07. The molecular formula is C9H18FNO. The van der Waals surface area contributed by atoms with E-state index in [1.54, 1.807) is 0 Å². The average Bonchev–Trinajstić information content (AvgIpc) is 2.46. The summed E-state index contributed by atoms with van der Waals surface area (Å²) in [4.78, 5) is 0. The highest BCUT2D eigenvalue weighted by atomic mass is 19.1. The minimum atomic E-state index is -0.219. The fraction of sp³-hybridized carbons (Fsp3) is 1.00. The maximum atomic E-state index is 11.7. The zero-order valence-corrected chi connectivity index (χ0v) is 7.68. The Labute approximate surface area is 73.5 Å². The predicted octanol–water partition coefficient (Wildman–Crippen LogP) is 1.36. The van der Waals surface area contributed by atoms with Gasteiger partial charge in [0.2, 0.25) is 0 Å². The largest absolute Gasteiger partial charge is 0.378 e. The molecule has 2 nitrogen and oxygen atoms in total. The van der Waals surface area contributed by atoms with E-state index in [1.165, 1.54) is 0 Å². The summed E-state index contributed by atoms with van der Waals surface area (Å²) in [5.41, 5.74) is 0. The summed E-state index contributed by atoms with van der Waals surface area (Å²) < 4.78 is 17.1. The van der Waals surface area contributed by atoms with Gasteiger partial charge in [0, 0.05) is 13.2 Å². The quantitative estimate of drug-likeness (QED) is 0.637. The maximum Gasteiger partial charge on any atom is 0.0906 e. The highest BCUT2D eigenvalue weighted by Crippen LogP contribution is 2.18. The minimum Gasteiger partial charge on any atom is -0.378 e. The summed E-state index contributed by atoms with van der Waals surface area (Å²) in [5.74, 6) is 0.629. The summed E-state index contributed by atoms with van der Waals surface area (Å²) in [6.07, 6.45) is 2.15. The normalized spacial score (nSPS) is 29.5. The van der Waals surface area contributed by atoms with E-state index in [2.05, 4.69) is 12.2 Å². The molecule has 1 aliphatic rings. The maximum absolute atomic E-state index is 11.7. The molecule has 72 valence electrons. The summed E-state index contributed by atoms with van der Waals surface area (Å²) >= 11 is 0. The lowest BCUT2D eigenvalue weighted by Crippen LogP contribution is -2.27. The van der Waals surface area contributed by atoms with Crippen LogP contribution in [-0.4, -0.2) is 32.5 Å². The summed E-state index contributed by atoms with van der Waals surface area (Å²) in [6.45, 7) is 4.54. The van der Waals surface area contributed by atoms with Crippen molar-refractivity contribution in [2.75, 3.05) is 26.4 Å². The van der Waals surface area contributed by atoms with Crippen molar-refractivity contribution in [3.05, 3.63) is 0 Å². The number of rotatable bonds is 5. The van der Waals surface area contributed by atoms with Gasteiger partial charge in [0.15, 0.2) is 0 Å². The standard InChI is InChI=1S/C9H18FNO/c1-8-9(3-6-12-8)7-11-5-2-4-10/h8-9,11H,2-7H2,1H3. The van der Waals surface area contributed by atoms with Gasteiger partial charge in [-0.05, 0) is 32.2 Å². The van der Waals surface area contributed by atoms with Crippen molar-refractivity contribution in [1.82, 2.24) is 5.32 Å². The number of halogens is 1. The summed E-state index contributed by atoms with van der Waals surface area (Å²) in [6, 6.07) is 0. The first-order chi connectivity index (χ1) is 5.84. The molecule has 1 aliphatic heterocycles. The van der Waals surface area contributed by atoms with Gasteiger partial charge >= 0.3 is 0 Å². The van der Waals surface area contributed by atoms with E-state index >= 15 is 0 Å². The van der Waals surface area contributed by atoms with Crippen LogP contribution in [0.4, 0.5) is 4.39 Å². The Kier molecular flexibility index (Phi) is 4.54. The van der Waals surface area contributed by atoms with Gasteiger partial charge in [-0.2, -0.15) is 0 Å². The molecule has 0 saturated carbocycles. The Morgan fingerprint density at radius 3 is 3.00 bits per heavy atom. The van der Waals surface area contributed by atoms with Crippen molar-refractivity contribution in [2.24, 2.45) is 5.92 Å². The fourth-order valence-corrected chi connectivity index (χ4v) is 1.52. The number of alkyl halides is 1. The molecule has 0 spiro atoms. The van der Waals surface area contributed by atoms with Gasteiger partial charge in [-0.3, -0.25) is 4.39 Å². The molecule has 0 aromatic rings. The van der Waals surface area contributed by atoms with Crippen LogP contribution in [0, 0.1) is 5.92 Å². The zero-order valence-electron chi connectivity index (χ0n) is 7.68. The first-order valence-electron chi connectivity index (χ1n) is 4.73. The highest BCUT2D eigenvalue weighted by Gasteiger charge is 2.23. The molecule has 2 atom stereocenters. The predicted molar refractivity (Wildman–Crippen MR) is 47.0 cm³/mol. The van der Waals surface area contributed by atoms with Crippen LogP contribution in [-0.2, 0) is 4.74 Å². The second-order valence-electron chi connectivity index (χ2n) is 3.37. The Hall–Kier alpha value is -0.150. The molecular weight excluding hydrogens is 157 g/mol. The number of ether oxygens (including phenoxy) is 1. The van der Waals surface area contributed by atoms with Gasteiger partial charge in [-0.15, -0.1) is 0 Å². The smallest absolute Gasteiger partial charge is 0.0906 e. The van der Waals surface area contributed by atoms with Crippen LogP contribution in [0.3, 0.4) is 0 Å². The van der Waals surface area contributed by atoms with E-state index in [-0.39, 0.29) is 6.67 Å². The van der Waals surface area contributed by atoms with Crippen LogP contribution in [0.15, 0.2) is 0 Å². The SMILES string of the molecule is CC1OCCC1CNCCCF. The zero-order chi connectivity index (χ0) is 8.81. The molecule has 2 unspecified atom stereocenters. The minimum absolute atomic E-state index is 0.219. The number of hydrogen-bond acceptors (Lipinski definition) is 2. The molecule has 1 heterocycles. The molecule has 0 aromatic carbocycles. The third-order valence-corrected chi connectivity index (χ3v) is 2.43. The molecule has 0 aromatic heterocycles. The molecule has 0 radical (unpaired) electrons. The Morgan fingerprint density at radius 1 is 1.58 bits per heavy atom. The number of nitrogens with one attached hydrogen (secondary N) is 1. The monoisotopic (exact) mass is 175 g/mol. The van der Waals surface area contributed by atoms with Crippen LogP contribution < -0.4 is 5.32 Å². The van der Waals surface area contributed by atoms with Gasteiger partial charge in [-0.25, -0.2) is 0 Å². The highest BCUT2D eigenvalue weighted by molar-refractivity contribution is 4.74. The van der Waals surface area contributed by atoms with Crippen molar-refractivity contribution in [2.45, 2.75) is 25.9 Å². The topological polar surface area (TPSA) is 21.3 Å². The number of hydrogen-bond donors (Lipinski definition) is 1. The average molecular weight is 175 g/mol. The van der Waals surface area contributed by atoms with E-state index in [9.17, 15) is 4.39 Å². The van der Waals surface area contributed by atoms with Crippen LogP contribution in [0.5, 0.6) is 0 Å². The molecule has 1 rings (SSSR count). The Bertz CT molecular complexity index is 121. The molecule has 1 N–H and O–H groups in total. The van der Waals surface area contributed by atoms with Crippen molar-refractivity contribution < 1.29 is 9.13 Å². The van der Waals surface area contributed by atoms with E-state index in [1.807, 2.05) is 0 Å². The molecule has 0 amide bonds. The lowest BCUT2D eigenvalue weighted by molar-refractivity contribution is 0.105. The second-order valence-corrected chi connectivity index (χ2v) is 3.37. The van der Waals surface area contributed by atoms with E-state index in [4.69, 9.17) is 4.74 Å². The second kappa shape index (κ2) is 5.49. The van der Waals surface area contributed by atoms with Gasteiger partial charge in [0.05, 0.1) is 12.8 Å². The third-order valence-electron chi connectivity index (χ3n) is 2.43. The van der Waals surface area contributed by atoms with E-state index < -0.39 is 0 Å². The summed E-state index contributed by atoms with van der Waals surface area (Å²) in [5, 5.41) is 3.24. The van der Waals surface area contributed by atoms with Crippen LogP contribution in [0.1, 0.15) is 19.8 Å². The molecule has 0 bridgehead atoms. The van der Waals surface area contributed by atoms with Gasteiger partial charge in [-0.1, -0.05) is 0 Å². The van der Waals surface area contributed by atoms with Crippen molar-refractivity contribution >= 4 is 0 Å². The van der Waals surface area contributed by atoms with Gasteiger partial charge in [0.25, 0.3) is 0 Å². The molecule has 12 heavy (non-hydrogen) atoms. The Morgan fingerprint density at radius 2 is 2.42 bits per heavy atom. The van der Waals surface area contributed by atoms with E-state index in [0.29, 0.717) is 18.4 Å². The lowest BCUT2D eigenvalue weighted by Gasteiger charge is -2.13. The van der Waals surface area contributed by atoms with Crippen molar-refractivity contribution in [3.63, 3.8) is 0 Å². The Balaban J connectivity index is 1.98. The van der Waals surface area contributed by atoms with Crippen LogP contribution >= 0.6 is 0 Å². The molecule has 1 saturated heterocycles. The van der Waals surface area contributed by atoms with Crippen LogP contribution in [0.2, 0.25) is 0 Å². The molecule has 1 fully saturated rings. The van der Waals surface area contributed by atoms with Crippen molar-refractivity contribution in [1.29, 1.82) is 0 Å². The first-order valence-corrected chi connectivity index (χ1v) is 4.73. The van der Waals surface area contributed by atoms with Crippen molar-refractivity contribution in [3.8, 4) is 0 Å². The van der Waals surface area contributed by atoms with Gasteiger partial charge < -0.3 is 10.1 Å². The fourth-order valence-electron chi connectivity index (χ4n) is 1.52.